The monoisotopic (exact) mass is 366 g/mol. The molecule has 1 N–H and O–H groups in total. The molecule has 0 unspecified atom stereocenters. The summed E-state index contributed by atoms with van der Waals surface area (Å²) >= 11 is 0. The van der Waals surface area contributed by atoms with Crippen molar-refractivity contribution in [3.63, 3.8) is 0 Å². The molecular formula is C23H30N2O2. The Morgan fingerprint density at radius 2 is 1.81 bits per heavy atom. The molecule has 1 aliphatic heterocycles. The highest BCUT2D eigenvalue weighted by Crippen LogP contribution is 2.23. The molecule has 1 heterocycles. The van der Waals surface area contributed by atoms with Gasteiger partial charge in [-0.3, -0.25) is 14.6 Å². The summed E-state index contributed by atoms with van der Waals surface area (Å²) in [6.07, 6.45) is 2.08. The zero-order chi connectivity index (χ0) is 19.2. The number of nitrogens with zero attached hydrogens (tertiary/aromatic N) is 2. The van der Waals surface area contributed by atoms with E-state index in [4.69, 9.17) is 5.11 Å². The fourth-order valence-electron chi connectivity index (χ4n) is 3.97. The highest BCUT2D eigenvalue weighted by atomic mass is 16.4. The van der Waals surface area contributed by atoms with Gasteiger partial charge in [-0.1, -0.05) is 55.0 Å². The largest absolute Gasteiger partial charge is 0.480 e. The number of likely N-dealkylation sites (N-methyl/N-ethyl adjacent to an activating group) is 1. The Bertz CT molecular complexity index is 749. The van der Waals surface area contributed by atoms with E-state index in [-0.39, 0.29) is 6.54 Å². The molecule has 4 heteroatoms. The molecule has 0 aliphatic carbocycles. The lowest BCUT2D eigenvalue weighted by Crippen LogP contribution is -2.46. The molecule has 27 heavy (non-hydrogen) atoms. The Hall–Kier alpha value is -2.17. The lowest BCUT2D eigenvalue weighted by atomic mass is 10.00. The van der Waals surface area contributed by atoms with Crippen molar-refractivity contribution in [1.29, 1.82) is 0 Å². The van der Waals surface area contributed by atoms with Crippen molar-refractivity contribution < 1.29 is 9.90 Å². The van der Waals surface area contributed by atoms with Crippen molar-refractivity contribution in [3.05, 3.63) is 59.7 Å². The smallest absolute Gasteiger partial charge is 0.317 e. The van der Waals surface area contributed by atoms with Crippen LogP contribution in [0.2, 0.25) is 0 Å². The zero-order valence-electron chi connectivity index (χ0n) is 16.4. The maximum Gasteiger partial charge on any atom is 0.317 e. The first-order valence-corrected chi connectivity index (χ1v) is 9.89. The first kappa shape index (κ1) is 19.6. The first-order valence-electron chi connectivity index (χ1n) is 9.89. The van der Waals surface area contributed by atoms with Gasteiger partial charge in [-0.2, -0.15) is 0 Å². The van der Waals surface area contributed by atoms with E-state index in [0.717, 1.165) is 39.0 Å². The van der Waals surface area contributed by atoms with Crippen LogP contribution in [0.1, 0.15) is 30.9 Å². The number of hydrogen-bond donors (Lipinski definition) is 1. The standard InChI is InChI=1S/C23H30N2O2/c1-3-25(17-23(26)27)22-11-13-24(14-12-22)16-19-5-4-6-21(15-19)20-9-7-18(2)8-10-20/h4-10,15,22H,3,11-14,16-17H2,1-2H3,(H,26,27). The van der Waals surface area contributed by atoms with Crippen LogP contribution < -0.4 is 0 Å². The molecule has 144 valence electrons. The lowest BCUT2D eigenvalue weighted by molar-refractivity contribution is -0.139. The van der Waals surface area contributed by atoms with Crippen LogP contribution in [0.3, 0.4) is 0 Å². The van der Waals surface area contributed by atoms with Crippen LogP contribution in [-0.2, 0) is 11.3 Å². The van der Waals surface area contributed by atoms with Gasteiger partial charge in [-0.25, -0.2) is 0 Å². The van der Waals surface area contributed by atoms with Crippen molar-refractivity contribution in [2.75, 3.05) is 26.2 Å². The van der Waals surface area contributed by atoms with Crippen LogP contribution in [-0.4, -0.2) is 53.1 Å². The van der Waals surface area contributed by atoms with E-state index in [1.165, 1.54) is 22.3 Å². The second-order valence-corrected chi connectivity index (χ2v) is 7.53. The van der Waals surface area contributed by atoms with Crippen molar-refractivity contribution >= 4 is 5.97 Å². The number of piperidine rings is 1. The molecule has 2 aromatic carbocycles. The van der Waals surface area contributed by atoms with Gasteiger partial charge in [0, 0.05) is 12.6 Å². The van der Waals surface area contributed by atoms with Crippen LogP contribution in [0.25, 0.3) is 11.1 Å². The highest BCUT2D eigenvalue weighted by molar-refractivity contribution is 5.69. The van der Waals surface area contributed by atoms with E-state index in [0.29, 0.717) is 6.04 Å². The Balaban J connectivity index is 1.58. The Labute approximate surface area is 162 Å². The van der Waals surface area contributed by atoms with Crippen molar-refractivity contribution in [2.45, 2.75) is 39.3 Å². The van der Waals surface area contributed by atoms with Crippen LogP contribution in [0, 0.1) is 6.92 Å². The molecule has 1 saturated heterocycles. The quantitative estimate of drug-likeness (QED) is 0.803. The Morgan fingerprint density at radius 3 is 2.44 bits per heavy atom. The number of likely N-dealkylation sites (tertiary alicyclic amines) is 1. The maximum absolute atomic E-state index is 11.0. The summed E-state index contributed by atoms with van der Waals surface area (Å²) in [5.74, 6) is -0.729. The van der Waals surface area contributed by atoms with Gasteiger partial charge in [0.2, 0.25) is 0 Å². The number of hydrogen-bond acceptors (Lipinski definition) is 3. The van der Waals surface area contributed by atoms with E-state index in [2.05, 4.69) is 65.3 Å². The van der Waals surface area contributed by atoms with Crippen molar-refractivity contribution in [1.82, 2.24) is 9.80 Å². The number of benzene rings is 2. The van der Waals surface area contributed by atoms with Gasteiger partial charge in [0.15, 0.2) is 0 Å². The van der Waals surface area contributed by atoms with Crippen molar-refractivity contribution in [3.8, 4) is 11.1 Å². The average molecular weight is 367 g/mol. The van der Waals surface area contributed by atoms with Gasteiger partial charge in [0.05, 0.1) is 6.54 Å². The molecule has 0 spiro atoms. The number of carbonyl (C=O) groups is 1. The fourth-order valence-corrected chi connectivity index (χ4v) is 3.97. The molecule has 4 nitrogen and oxygen atoms in total. The molecule has 0 atom stereocenters. The average Bonchev–Trinajstić information content (AvgIpc) is 2.67. The Kier molecular flexibility index (Phi) is 6.64. The molecular weight excluding hydrogens is 336 g/mol. The van der Waals surface area contributed by atoms with E-state index < -0.39 is 5.97 Å². The molecule has 0 bridgehead atoms. The summed E-state index contributed by atoms with van der Waals surface area (Å²) < 4.78 is 0. The van der Waals surface area contributed by atoms with Gasteiger partial charge in [-0.05, 0) is 62.2 Å². The minimum absolute atomic E-state index is 0.153. The normalized spacial score (nSPS) is 16.0. The fraction of sp³-hybridized carbons (Fsp3) is 0.435. The molecule has 1 aliphatic rings. The minimum atomic E-state index is -0.729. The zero-order valence-corrected chi connectivity index (χ0v) is 16.4. The van der Waals surface area contributed by atoms with Crippen LogP contribution in [0.4, 0.5) is 0 Å². The molecule has 3 rings (SSSR count). The third-order valence-electron chi connectivity index (χ3n) is 5.54. The second-order valence-electron chi connectivity index (χ2n) is 7.53. The maximum atomic E-state index is 11.0. The summed E-state index contributed by atoms with van der Waals surface area (Å²) in [6, 6.07) is 17.9. The van der Waals surface area contributed by atoms with E-state index in [1.807, 2.05) is 6.92 Å². The predicted molar refractivity (Wildman–Crippen MR) is 110 cm³/mol. The summed E-state index contributed by atoms with van der Waals surface area (Å²) in [7, 11) is 0. The van der Waals surface area contributed by atoms with Crippen LogP contribution in [0.15, 0.2) is 48.5 Å². The molecule has 0 saturated carbocycles. The SMILES string of the molecule is CCN(CC(=O)O)C1CCN(Cc2cccc(-c3ccc(C)cc3)c2)CC1. The Morgan fingerprint density at radius 1 is 1.11 bits per heavy atom. The predicted octanol–water partition coefficient (Wildman–Crippen LogP) is 4.03. The summed E-state index contributed by atoms with van der Waals surface area (Å²) in [5.41, 5.74) is 5.14. The number of carboxylic acid groups (broad SMARTS) is 1. The third-order valence-corrected chi connectivity index (χ3v) is 5.54. The second kappa shape index (κ2) is 9.16. The lowest BCUT2D eigenvalue weighted by Gasteiger charge is -2.37. The first-order chi connectivity index (χ1) is 13.0. The van der Waals surface area contributed by atoms with Gasteiger partial charge >= 0.3 is 5.97 Å². The molecule has 0 amide bonds. The number of aryl methyl sites for hydroxylation is 1. The van der Waals surface area contributed by atoms with Gasteiger partial charge < -0.3 is 5.11 Å². The summed E-state index contributed by atoms with van der Waals surface area (Å²) in [4.78, 5) is 15.6. The van der Waals surface area contributed by atoms with Crippen molar-refractivity contribution in [2.24, 2.45) is 0 Å². The summed E-state index contributed by atoms with van der Waals surface area (Å²) in [6.45, 7) is 8.11. The molecule has 0 aromatic heterocycles. The van der Waals surface area contributed by atoms with E-state index in [1.54, 1.807) is 0 Å². The number of rotatable bonds is 7. The highest BCUT2D eigenvalue weighted by Gasteiger charge is 2.25. The topological polar surface area (TPSA) is 43.8 Å². The third kappa shape index (κ3) is 5.41. The van der Waals surface area contributed by atoms with Gasteiger partial charge in [0.25, 0.3) is 0 Å². The minimum Gasteiger partial charge on any atom is -0.480 e. The number of carboxylic acids is 1. The molecule has 2 aromatic rings. The molecule has 0 radical (unpaired) electrons. The van der Waals surface area contributed by atoms with Gasteiger partial charge in [0.1, 0.15) is 0 Å². The van der Waals surface area contributed by atoms with E-state index in [9.17, 15) is 4.79 Å². The van der Waals surface area contributed by atoms with E-state index >= 15 is 0 Å². The van der Waals surface area contributed by atoms with Gasteiger partial charge in [-0.15, -0.1) is 0 Å². The van der Waals surface area contributed by atoms with Crippen LogP contribution >= 0.6 is 0 Å². The van der Waals surface area contributed by atoms with Crippen LogP contribution in [0.5, 0.6) is 0 Å². The molecule has 1 fully saturated rings. The number of aliphatic carboxylic acids is 1. The summed E-state index contributed by atoms with van der Waals surface area (Å²) in [5, 5.41) is 9.08.